The third kappa shape index (κ3) is 7.56. The molecule has 0 bridgehead atoms. The fourth-order valence-electron chi connectivity index (χ4n) is 11.0. The number of benzene rings is 2. The summed E-state index contributed by atoms with van der Waals surface area (Å²) >= 11 is 12.7. The van der Waals surface area contributed by atoms with Crippen LogP contribution in [0.5, 0.6) is 17.2 Å². The Bertz CT molecular complexity index is 1710. The van der Waals surface area contributed by atoms with Crippen LogP contribution in [0.2, 0.25) is 10.0 Å². The Morgan fingerprint density at radius 2 is 1.64 bits per heavy atom. The van der Waals surface area contributed by atoms with E-state index in [1.165, 1.54) is 12.1 Å². The predicted octanol–water partition coefficient (Wildman–Crippen LogP) is 8.22. The van der Waals surface area contributed by atoms with Gasteiger partial charge in [0.15, 0.2) is 5.75 Å². The first-order chi connectivity index (χ1) is 24.9. The maximum Gasteiger partial charge on any atom is 0.394 e. The maximum absolute atomic E-state index is 13.3. The molecule has 11 atom stereocenters. The van der Waals surface area contributed by atoms with Gasteiger partial charge in [-0.15, -0.1) is 0 Å². The van der Waals surface area contributed by atoms with Crippen molar-refractivity contribution in [3.05, 3.63) is 45.9 Å². The molecule has 0 aromatic heterocycles. The quantitative estimate of drug-likeness (QED) is 0.0960. The Morgan fingerprint density at radius 3 is 2.30 bits per heavy atom. The number of amides is 1. The Hall–Kier alpha value is -2.89. The van der Waals surface area contributed by atoms with Crippen LogP contribution in [0, 0.1) is 46.3 Å². The number of halogens is 2. The number of hydrogen-bond donors (Lipinski definition) is 5. The summed E-state index contributed by atoms with van der Waals surface area (Å²) in [7, 11) is 0. The van der Waals surface area contributed by atoms with Crippen molar-refractivity contribution in [2.45, 2.75) is 117 Å². The number of hydrogen-bond acceptors (Lipinski definition) is 8. The zero-order valence-electron chi connectivity index (χ0n) is 31.1. The van der Waals surface area contributed by atoms with Crippen LogP contribution in [0.15, 0.2) is 30.3 Å². The molecule has 53 heavy (non-hydrogen) atoms. The summed E-state index contributed by atoms with van der Waals surface area (Å²) < 4.78 is 11.9. The summed E-state index contributed by atoms with van der Waals surface area (Å²) in [5.74, 6) is -1.09. The van der Waals surface area contributed by atoms with Crippen LogP contribution in [0.25, 0.3) is 0 Å². The highest BCUT2D eigenvalue weighted by molar-refractivity contribution is 6.39. The fourth-order valence-corrected chi connectivity index (χ4v) is 11.6. The van der Waals surface area contributed by atoms with Crippen LogP contribution in [0.4, 0.5) is 5.69 Å². The number of aliphatic hydroxyl groups excluding tert-OH is 3. The number of aliphatic carboxylic acids is 1. The van der Waals surface area contributed by atoms with Crippen LogP contribution in [0.1, 0.15) is 104 Å². The zero-order chi connectivity index (χ0) is 38.6. The van der Waals surface area contributed by atoms with Gasteiger partial charge in [0, 0.05) is 17.7 Å². The Morgan fingerprint density at radius 1 is 0.943 bits per heavy atom. The maximum atomic E-state index is 13.3. The van der Waals surface area contributed by atoms with Crippen molar-refractivity contribution in [3.63, 3.8) is 0 Å². The first-order valence-corrected chi connectivity index (χ1v) is 19.8. The SMILES string of the molecule is CC(C)c1cc(Oc2c(Cl)cc(NC(=O)C(=O)O)cc2Cl)ccc1OC(=O)CC[C@@H](C)[C@H]1CC[C@H]2[C@@H]3[C@H](O)C[C@@H]4C[C@H](O)CC[C@]4(C)[C@H]3C[C@H](O)[C@]12C. The number of anilines is 1. The summed E-state index contributed by atoms with van der Waals surface area (Å²) in [5.41, 5.74) is 0.514. The number of aliphatic hydroxyl groups is 3. The molecule has 12 heteroatoms. The zero-order valence-corrected chi connectivity index (χ0v) is 32.6. The number of rotatable bonds is 9. The number of carbonyl (C=O) groups excluding carboxylic acids is 2. The summed E-state index contributed by atoms with van der Waals surface area (Å²) in [6.45, 7) is 10.7. The average molecular weight is 775 g/mol. The van der Waals surface area contributed by atoms with Crippen molar-refractivity contribution in [2.75, 3.05) is 5.32 Å². The number of esters is 1. The third-order valence-corrected chi connectivity index (χ3v) is 14.4. The largest absolute Gasteiger partial charge is 0.474 e. The Balaban J connectivity index is 1.09. The first-order valence-electron chi connectivity index (χ1n) is 19.0. The van der Waals surface area contributed by atoms with E-state index >= 15 is 0 Å². The molecule has 4 fully saturated rings. The molecule has 0 unspecified atom stereocenters. The summed E-state index contributed by atoms with van der Waals surface area (Å²) in [4.78, 5) is 35.8. The fraction of sp³-hybridized carbons (Fsp3) is 0.634. The van der Waals surface area contributed by atoms with Crippen molar-refractivity contribution in [1.29, 1.82) is 0 Å². The van der Waals surface area contributed by atoms with E-state index in [-0.39, 0.29) is 92.2 Å². The van der Waals surface area contributed by atoms with E-state index in [0.29, 0.717) is 24.3 Å². The average Bonchev–Trinajstić information content (AvgIpc) is 3.45. The predicted molar refractivity (Wildman–Crippen MR) is 201 cm³/mol. The number of ether oxygens (including phenoxy) is 2. The van der Waals surface area contributed by atoms with Crippen molar-refractivity contribution in [3.8, 4) is 17.2 Å². The monoisotopic (exact) mass is 773 g/mol. The van der Waals surface area contributed by atoms with E-state index in [2.05, 4.69) is 26.1 Å². The summed E-state index contributed by atoms with van der Waals surface area (Å²) in [6.07, 6.45) is 5.40. The van der Waals surface area contributed by atoms with Crippen LogP contribution < -0.4 is 14.8 Å². The third-order valence-electron chi connectivity index (χ3n) is 13.8. The second-order valence-corrected chi connectivity index (χ2v) is 17.8. The minimum atomic E-state index is -1.65. The first kappa shape index (κ1) is 39.8. The smallest absolute Gasteiger partial charge is 0.394 e. The molecule has 0 saturated heterocycles. The van der Waals surface area contributed by atoms with E-state index in [0.717, 1.165) is 44.1 Å². The van der Waals surface area contributed by atoms with E-state index in [1.807, 2.05) is 13.8 Å². The molecule has 4 aliphatic carbocycles. The molecule has 0 spiro atoms. The molecule has 4 aliphatic rings. The molecule has 0 radical (unpaired) electrons. The van der Waals surface area contributed by atoms with Gasteiger partial charge in [0.1, 0.15) is 11.5 Å². The lowest BCUT2D eigenvalue weighted by Gasteiger charge is -2.63. The lowest BCUT2D eigenvalue weighted by molar-refractivity contribution is -0.207. The van der Waals surface area contributed by atoms with Gasteiger partial charge < -0.3 is 35.2 Å². The van der Waals surface area contributed by atoms with Gasteiger partial charge in [-0.1, -0.05) is 57.8 Å². The van der Waals surface area contributed by atoms with Crippen molar-refractivity contribution >= 4 is 46.7 Å². The van der Waals surface area contributed by atoms with Crippen LogP contribution in [-0.4, -0.2) is 56.6 Å². The highest BCUT2D eigenvalue weighted by atomic mass is 35.5. The van der Waals surface area contributed by atoms with E-state index in [1.54, 1.807) is 18.2 Å². The second-order valence-electron chi connectivity index (χ2n) is 17.0. The standard InChI is InChI=1S/C41H53Cl2NO9/c1-20(2)26-18-25(52-37-30(42)16-23(17-31(37)43)44-38(49)39(50)51)7-10-33(26)53-35(48)11-6-21(3)27-8-9-28-36-29(19-34(47)41(27,28)5)40(4)13-12-24(45)14-22(40)15-32(36)46/h7,10,16-18,20-22,24,27-29,32,34,36,45-47H,6,8-9,11-15,19H2,1-5H3,(H,44,49)(H,50,51)/t21-,22+,24-,27-,28+,29+,32-,34+,36+,40+,41-/m1/s1. The Labute approximate surface area is 321 Å². The highest BCUT2D eigenvalue weighted by Crippen LogP contribution is 2.68. The molecule has 2 aromatic carbocycles. The molecule has 0 heterocycles. The lowest BCUT2D eigenvalue weighted by Crippen LogP contribution is -2.62. The van der Waals surface area contributed by atoms with Crippen LogP contribution in [-0.2, 0) is 14.4 Å². The van der Waals surface area contributed by atoms with Crippen LogP contribution >= 0.6 is 23.2 Å². The van der Waals surface area contributed by atoms with Gasteiger partial charge in [0.25, 0.3) is 0 Å². The van der Waals surface area contributed by atoms with Gasteiger partial charge in [-0.05, 0) is 134 Å². The van der Waals surface area contributed by atoms with E-state index in [4.69, 9.17) is 37.8 Å². The summed E-state index contributed by atoms with van der Waals surface area (Å²) in [5, 5.41) is 45.1. The Kier molecular flexibility index (Phi) is 11.5. The van der Waals surface area contributed by atoms with Gasteiger partial charge in [0.2, 0.25) is 0 Å². The second kappa shape index (κ2) is 15.3. The lowest BCUT2D eigenvalue weighted by atomic mass is 9.43. The van der Waals surface area contributed by atoms with Gasteiger partial charge in [-0.25, -0.2) is 4.79 Å². The number of carboxylic acid groups (broad SMARTS) is 1. The molecule has 6 rings (SSSR count). The number of carbonyl (C=O) groups is 3. The van der Waals surface area contributed by atoms with Gasteiger partial charge in [-0.3, -0.25) is 9.59 Å². The molecule has 4 saturated carbocycles. The van der Waals surface area contributed by atoms with E-state index in [9.17, 15) is 29.7 Å². The van der Waals surface area contributed by atoms with Crippen molar-refractivity contribution in [1.82, 2.24) is 0 Å². The molecule has 2 aromatic rings. The minimum absolute atomic E-state index is 0.0225. The minimum Gasteiger partial charge on any atom is -0.474 e. The van der Waals surface area contributed by atoms with Crippen LogP contribution in [0.3, 0.4) is 0 Å². The topological polar surface area (TPSA) is 163 Å². The van der Waals surface area contributed by atoms with Gasteiger partial charge >= 0.3 is 17.8 Å². The molecule has 10 nitrogen and oxygen atoms in total. The highest BCUT2D eigenvalue weighted by Gasteiger charge is 2.65. The van der Waals surface area contributed by atoms with Crippen molar-refractivity contribution < 1.29 is 44.3 Å². The molecular weight excluding hydrogens is 721 g/mol. The molecule has 290 valence electrons. The van der Waals surface area contributed by atoms with Gasteiger partial charge in [-0.2, -0.15) is 0 Å². The molecule has 5 N–H and O–H groups in total. The molecule has 0 aliphatic heterocycles. The van der Waals surface area contributed by atoms with Crippen molar-refractivity contribution in [2.24, 2.45) is 46.3 Å². The summed E-state index contributed by atoms with van der Waals surface area (Å²) in [6, 6.07) is 7.72. The normalized spacial score (nSPS) is 34.0. The number of nitrogens with one attached hydrogen (secondary N) is 1. The van der Waals surface area contributed by atoms with E-state index < -0.39 is 24.1 Å². The number of carboxylic acids is 1. The van der Waals surface area contributed by atoms with Gasteiger partial charge in [0.05, 0.1) is 28.4 Å². The molecular formula is C41H53Cl2NO9. The molecule has 1 amide bonds. The number of fused-ring (bicyclic) bond motifs is 5.